The second-order valence-corrected chi connectivity index (χ2v) is 5.57. The normalized spacial score (nSPS) is 10.3. The fourth-order valence-electron chi connectivity index (χ4n) is 2.18. The second-order valence-electron chi connectivity index (χ2n) is 5.57. The van der Waals surface area contributed by atoms with Crippen molar-refractivity contribution in [2.75, 3.05) is 32.1 Å². The zero-order chi connectivity index (χ0) is 17.4. The summed E-state index contributed by atoms with van der Waals surface area (Å²) in [5.41, 5.74) is 3.03. The molecule has 0 saturated heterocycles. The van der Waals surface area contributed by atoms with Crippen molar-refractivity contribution < 1.29 is 14.3 Å². The lowest BCUT2D eigenvalue weighted by Crippen LogP contribution is -2.31. The van der Waals surface area contributed by atoms with Crippen LogP contribution in [0.4, 0.5) is 5.69 Å². The number of carbonyl (C=O) groups excluding carboxylic acids is 1. The van der Waals surface area contributed by atoms with Crippen molar-refractivity contribution >= 4 is 11.6 Å². The van der Waals surface area contributed by atoms with Crippen LogP contribution in [0.15, 0.2) is 42.5 Å². The van der Waals surface area contributed by atoms with E-state index in [1.807, 2.05) is 56.3 Å². The molecule has 0 fully saturated rings. The summed E-state index contributed by atoms with van der Waals surface area (Å²) in [6.45, 7) is 5.31. The van der Waals surface area contributed by atoms with Crippen LogP contribution in [0.5, 0.6) is 11.5 Å². The van der Waals surface area contributed by atoms with Crippen LogP contribution in [0.1, 0.15) is 11.1 Å². The third kappa shape index (κ3) is 5.59. The van der Waals surface area contributed by atoms with Gasteiger partial charge in [0.25, 0.3) is 0 Å². The van der Waals surface area contributed by atoms with Crippen molar-refractivity contribution in [3.8, 4) is 11.5 Å². The number of anilines is 1. The summed E-state index contributed by atoms with van der Waals surface area (Å²) in [6.07, 6.45) is 0. The monoisotopic (exact) mass is 328 g/mol. The molecule has 0 aliphatic carbocycles. The summed E-state index contributed by atoms with van der Waals surface area (Å²) in [7, 11) is 1.63. The van der Waals surface area contributed by atoms with Crippen molar-refractivity contribution in [3.05, 3.63) is 53.6 Å². The molecule has 24 heavy (non-hydrogen) atoms. The highest BCUT2D eigenvalue weighted by Crippen LogP contribution is 2.17. The molecule has 2 aromatic carbocycles. The lowest BCUT2D eigenvalue weighted by atomic mass is 10.1. The summed E-state index contributed by atoms with van der Waals surface area (Å²) < 4.78 is 10.7. The minimum Gasteiger partial charge on any atom is -0.497 e. The molecule has 0 radical (unpaired) electrons. The molecule has 128 valence electrons. The van der Waals surface area contributed by atoms with Crippen molar-refractivity contribution in [2.45, 2.75) is 13.8 Å². The molecule has 1 amide bonds. The molecule has 2 rings (SSSR count). The summed E-state index contributed by atoms with van der Waals surface area (Å²) in [6, 6.07) is 13.4. The number of nitrogens with one attached hydrogen (secondary N) is 2. The second kappa shape index (κ2) is 8.93. The van der Waals surface area contributed by atoms with E-state index in [0.717, 1.165) is 28.3 Å². The molecule has 5 heteroatoms. The average molecular weight is 328 g/mol. The van der Waals surface area contributed by atoms with Crippen molar-refractivity contribution in [1.29, 1.82) is 0 Å². The van der Waals surface area contributed by atoms with Crippen molar-refractivity contribution in [3.63, 3.8) is 0 Å². The number of amides is 1. The zero-order valence-electron chi connectivity index (χ0n) is 14.4. The fourth-order valence-corrected chi connectivity index (χ4v) is 2.18. The van der Waals surface area contributed by atoms with E-state index in [-0.39, 0.29) is 12.5 Å². The average Bonchev–Trinajstić information content (AvgIpc) is 2.58. The predicted octanol–water partition coefficient (Wildman–Crippen LogP) is 2.92. The maximum absolute atomic E-state index is 12.0. The Bertz CT molecular complexity index is 669. The van der Waals surface area contributed by atoms with Crippen molar-refractivity contribution in [2.24, 2.45) is 0 Å². The molecule has 0 aromatic heterocycles. The van der Waals surface area contributed by atoms with Crippen molar-refractivity contribution in [1.82, 2.24) is 5.32 Å². The number of aryl methyl sites for hydroxylation is 2. The Balaban J connectivity index is 1.66. The van der Waals surface area contributed by atoms with E-state index in [2.05, 4.69) is 10.6 Å². The third-order valence-corrected chi connectivity index (χ3v) is 3.56. The van der Waals surface area contributed by atoms with Crippen LogP contribution in [0.2, 0.25) is 0 Å². The van der Waals surface area contributed by atoms with Crippen LogP contribution in [0.25, 0.3) is 0 Å². The minimum atomic E-state index is -0.0619. The Morgan fingerprint density at radius 3 is 2.46 bits per heavy atom. The van der Waals surface area contributed by atoms with Gasteiger partial charge < -0.3 is 20.1 Å². The van der Waals surface area contributed by atoms with Crippen LogP contribution in [-0.4, -0.2) is 32.7 Å². The summed E-state index contributed by atoms with van der Waals surface area (Å²) in [5.74, 6) is 1.51. The molecular weight excluding hydrogens is 304 g/mol. The highest BCUT2D eigenvalue weighted by Gasteiger charge is 2.04. The van der Waals surface area contributed by atoms with Gasteiger partial charge in [-0.15, -0.1) is 0 Å². The fraction of sp³-hybridized carbons (Fsp3) is 0.316. The molecule has 0 aliphatic heterocycles. The number of hydrogen-bond donors (Lipinski definition) is 2. The van der Waals surface area contributed by atoms with E-state index < -0.39 is 0 Å². The maximum Gasteiger partial charge on any atom is 0.238 e. The van der Waals surface area contributed by atoms with E-state index in [1.165, 1.54) is 0 Å². The first kappa shape index (κ1) is 17.8. The molecular formula is C19H24N2O3. The molecule has 2 aromatic rings. The van der Waals surface area contributed by atoms with E-state index in [1.54, 1.807) is 7.11 Å². The molecule has 0 atom stereocenters. The molecule has 0 unspecified atom stereocenters. The Kier molecular flexibility index (Phi) is 6.63. The predicted molar refractivity (Wildman–Crippen MR) is 95.9 cm³/mol. The largest absolute Gasteiger partial charge is 0.497 e. The van der Waals surface area contributed by atoms with E-state index in [4.69, 9.17) is 9.47 Å². The van der Waals surface area contributed by atoms with Gasteiger partial charge in [0.1, 0.15) is 18.1 Å². The number of benzene rings is 2. The van der Waals surface area contributed by atoms with E-state index in [9.17, 15) is 4.79 Å². The van der Waals surface area contributed by atoms with Crippen LogP contribution in [-0.2, 0) is 4.79 Å². The first-order valence-electron chi connectivity index (χ1n) is 7.93. The Hall–Kier alpha value is -2.53. The van der Waals surface area contributed by atoms with Gasteiger partial charge in [-0.05, 0) is 55.3 Å². The van der Waals surface area contributed by atoms with Gasteiger partial charge in [-0.3, -0.25) is 4.79 Å². The van der Waals surface area contributed by atoms with Gasteiger partial charge in [-0.1, -0.05) is 12.1 Å². The lowest BCUT2D eigenvalue weighted by molar-refractivity contribution is -0.115. The molecule has 5 nitrogen and oxygen atoms in total. The molecule has 0 spiro atoms. The highest BCUT2D eigenvalue weighted by molar-refractivity contribution is 5.93. The SMILES string of the molecule is COc1ccc(OCCNCC(=O)Nc2cc(C)ccc2C)cc1. The van der Waals surface area contributed by atoms with Gasteiger partial charge in [0.15, 0.2) is 0 Å². The Labute approximate surface area is 143 Å². The Morgan fingerprint density at radius 1 is 1.04 bits per heavy atom. The number of hydrogen-bond acceptors (Lipinski definition) is 4. The van der Waals surface area contributed by atoms with Crippen LogP contribution >= 0.6 is 0 Å². The minimum absolute atomic E-state index is 0.0619. The molecule has 0 heterocycles. The van der Waals surface area contributed by atoms with Gasteiger partial charge in [0.2, 0.25) is 5.91 Å². The Morgan fingerprint density at radius 2 is 1.75 bits per heavy atom. The molecule has 2 N–H and O–H groups in total. The third-order valence-electron chi connectivity index (χ3n) is 3.56. The molecule has 0 aliphatic rings. The maximum atomic E-state index is 12.0. The first-order chi connectivity index (χ1) is 11.6. The van der Waals surface area contributed by atoms with Gasteiger partial charge >= 0.3 is 0 Å². The standard InChI is InChI=1S/C19H24N2O3/c1-14-4-5-15(2)18(12-14)21-19(22)13-20-10-11-24-17-8-6-16(23-3)7-9-17/h4-9,12,20H,10-11,13H2,1-3H3,(H,21,22). The smallest absolute Gasteiger partial charge is 0.238 e. The van der Waals surface area contributed by atoms with Gasteiger partial charge in [0.05, 0.1) is 13.7 Å². The van der Waals surface area contributed by atoms with E-state index >= 15 is 0 Å². The van der Waals surface area contributed by atoms with Crippen LogP contribution < -0.4 is 20.1 Å². The topological polar surface area (TPSA) is 59.6 Å². The van der Waals surface area contributed by atoms with Crippen LogP contribution in [0.3, 0.4) is 0 Å². The summed E-state index contributed by atoms with van der Waals surface area (Å²) >= 11 is 0. The number of methoxy groups -OCH3 is 1. The highest BCUT2D eigenvalue weighted by atomic mass is 16.5. The number of carbonyl (C=O) groups is 1. The molecule has 0 saturated carbocycles. The summed E-state index contributed by atoms with van der Waals surface area (Å²) in [4.78, 5) is 12.0. The number of rotatable bonds is 8. The number of ether oxygens (including phenoxy) is 2. The van der Waals surface area contributed by atoms with Crippen LogP contribution in [0, 0.1) is 13.8 Å². The van der Waals surface area contributed by atoms with Gasteiger partial charge in [-0.2, -0.15) is 0 Å². The summed E-state index contributed by atoms with van der Waals surface area (Å²) in [5, 5.41) is 5.99. The van der Waals surface area contributed by atoms with E-state index in [0.29, 0.717) is 13.2 Å². The first-order valence-corrected chi connectivity index (χ1v) is 7.93. The lowest BCUT2D eigenvalue weighted by Gasteiger charge is -2.11. The van der Waals surface area contributed by atoms with Gasteiger partial charge in [0, 0.05) is 12.2 Å². The quantitative estimate of drug-likeness (QED) is 0.732. The molecule has 0 bridgehead atoms. The zero-order valence-corrected chi connectivity index (χ0v) is 14.4. The van der Waals surface area contributed by atoms with Gasteiger partial charge in [-0.25, -0.2) is 0 Å².